The van der Waals surface area contributed by atoms with Crippen molar-refractivity contribution in [3.8, 4) is 0 Å². The molecule has 0 amide bonds. The predicted octanol–water partition coefficient (Wildman–Crippen LogP) is 5.34. The van der Waals surface area contributed by atoms with Gasteiger partial charge in [0.2, 0.25) is 0 Å². The molecule has 0 spiro atoms. The number of aromatic amines is 1. The fraction of sp³-hybridized carbons (Fsp3) is 0.429. The van der Waals surface area contributed by atoms with Gasteiger partial charge < -0.3 is 26.0 Å². The van der Waals surface area contributed by atoms with E-state index in [-0.39, 0.29) is 18.0 Å². The van der Waals surface area contributed by atoms with Crippen molar-refractivity contribution in [1.29, 1.82) is 0 Å². The number of hydrogen-bond acceptors (Lipinski definition) is 7. The molecule has 1 aliphatic rings. The monoisotopic (exact) mass is 563 g/mol. The first-order valence-electron chi connectivity index (χ1n) is 13.0. The molecule has 1 fully saturated rings. The molecule has 212 valence electrons. The summed E-state index contributed by atoms with van der Waals surface area (Å²) in [7, 11) is 0. The Bertz CT molecular complexity index is 1280. The highest BCUT2D eigenvalue weighted by Crippen LogP contribution is 2.30. The number of nitrogens with zero attached hydrogens (tertiary/aromatic N) is 2. The van der Waals surface area contributed by atoms with E-state index in [1.54, 1.807) is 23.2 Å². The number of pyridine rings is 1. The Labute approximate surface area is 230 Å². The lowest BCUT2D eigenvalue weighted by Gasteiger charge is -2.33. The molecule has 39 heavy (non-hydrogen) atoms. The number of thiazole rings is 1. The molecule has 7 nitrogen and oxygen atoms in total. The van der Waals surface area contributed by atoms with Gasteiger partial charge in [-0.25, -0.2) is 4.98 Å². The zero-order valence-corrected chi connectivity index (χ0v) is 23.2. The van der Waals surface area contributed by atoms with Gasteiger partial charge in [-0.2, -0.15) is 13.2 Å². The number of halogens is 3. The van der Waals surface area contributed by atoms with E-state index < -0.39 is 12.3 Å². The van der Waals surface area contributed by atoms with Gasteiger partial charge in [-0.1, -0.05) is 26.0 Å². The van der Waals surface area contributed by atoms with Crippen molar-refractivity contribution in [2.45, 2.75) is 58.4 Å². The van der Waals surface area contributed by atoms with Crippen molar-refractivity contribution in [3.05, 3.63) is 79.7 Å². The number of anilines is 1. The lowest BCUT2D eigenvalue weighted by molar-refractivity contribution is -0.208. The lowest BCUT2D eigenvalue weighted by Crippen LogP contribution is -2.43. The van der Waals surface area contributed by atoms with Gasteiger partial charge in [-0.3, -0.25) is 4.79 Å². The quantitative estimate of drug-likeness (QED) is 0.295. The highest BCUT2D eigenvalue weighted by atomic mass is 32.1. The number of nitrogens with two attached hydrogens (primary N) is 1. The summed E-state index contributed by atoms with van der Waals surface area (Å²) in [6, 6.07) is 9.69. The molecule has 0 saturated carbocycles. The smallest absolute Gasteiger partial charge is 0.396 e. The second-order valence-corrected chi connectivity index (χ2v) is 10.1. The van der Waals surface area contributed by atoms with E-state index in [0.717, 1.165) is 29.8 Å². The largest absolute Gasteiger partial charge is 0.415 e. The van der Waals surface area contributed by atoms with Crippen molar-refractivity contribution >= 4 is 28.8 Å². The standard InChI is InChI=1S/C26H30F3N5O2S.C2H6/c1-16-15-37-25(33-16)22(30)12-19-6-9-31-24(36)21(19)13-32-20-4-2-17(3-5-20)18-7-10-34(11-8-18)14-23(35)26(27,28)29;1-2/h2-6,9,12,15,18,23,32,35H,7-8,10-11,13-14,30H2,1H3,(H,31,36);1-2H3/b22-12-;. The molecule has 5 N–H and O–H groups in total. The SMILES string of the molecule is CC.Cc1csc(/C(N)=C/c2cc[nH]c(=O)c2CNc2ccc(C3CCN(CC(O)C(F)(F)F)CC3)cc2)n1. The van der Waals surface area contributed by atoms with Gasteiger partial charge in [0.05, 0.1) is 5.70 Å². The second kappa shape index (κ2) is 13.8. The van der Waals surface area contributed by atoms with Crippen LogP contribution in [0.25, 0.3) is 11.8 Å². The minimum absolute atomic E-state index is 0.205. The molecule has 2 aromatic heterocycles. The summed E-state index contributed by atoms with van der Waals surface area (Å²) >= 11 is 1.45. The summed E-state index contributed by atoms with van der Waals surface area (Å²) in [4.78, 5) is 21.3. The fourth-order valence-corrected chi connectivity index (χ4v) is 5.15. The third-order valence-corrected chi connectivity index (χ3v) is 7.53. The minimum atomic E-state index is -4.59. The van der Waals surface area contributed by atoms with Crippen LogP contribution in [-0.4, -0.2) is 51.9 Å². The predicted molar refractivity (Wildman–Crippen MR) is 152 cm³/mol. The van der Waals surface area contributed by atoms with E-state index in [2.05, 4.69) is 15.3 Å². The third kappa shape index (κ3) is 8.42. The molecule has 4 rings (SSSR count). The van der Waals surface area contributed by atoms with Crippen LogP contribution in [0.2, 0.25) is 0 Å². The second-order valence-electron chi connectivity index (χ2n) is 9.24. The summed E-state index contributed by atoms with van der Waals surface area (Å²) in [6.45, 7) is 6.83. The fourth-order valence-electron chi connectivity index (χ4n) is 4.42. The molecular formula is C28H36F3N5O2S. The number of β-amino-alcohol motifs (C(OH)–C–C–N with tert-alkyl or cyclic N) is 1. The van der Waals surface area contributed by atoms with E-state index in [4.69, 9.17) is 5.73 Å². The number of aliphatic hydroxyl groups excluding tert-OH is 1. The zero-order valence-electron chi connectivity index (χ0n) is 22.4. The molecule has 1 unspecified atom stereocenters. The molecule has 3 aromatic rings. The van der Waals surface area contributed by atoms with E-state index >= 15 is 0 Å². The molecule has 1 atom stereocenters. The van der Waals surface area contributed by atoms with Crippen LogP contribution in [-0.2, 0) is 6.54 Å². The van der Waals surface area contributed by atoms with E-state index in [9.17, 15) is 23.1 Å². The molecule has 1 aromatic carbocycles. The van der Waals surface area contributed by atoms with Crippen molar-refractivity contribution in [3.63, 3.8) is 0 Å². The summed E-state index contributed by atoms with van der Waals surface area (Å²) in [5, 5.41) is 15.2. The number of aryl methyl sites for hydroxylation is 1. The van der Waals surface area contributed by atoms with Crippen LogP contribution >= 0.6 is 11.3 Å². The van der Waals surface area contributed by atoms with Gasteiger partial charge in [-0.05, 0) is 74.2 Å². The summed E-state index contributed by atoms with van der Waals surface area (Å²) in [5.74, 6) is 0.250. The number of likely N-dealkylation sites (tertiary alicyclic amines) is 1. The number of H-pyrrole nitrogens is 1. The Kier molecular flexibility index (Phi) is 10.7. The van der Waals surface area contributed by atoms with Gasteiger partial charge >= 0.3 is 6.18 Å². The molecule has 1 saturated heterocycles. The molecule has 0 bridgehead atoms. The van der Waals surface area contributed by atoms with Gasteiger partial charge in [0.15, 0.2) is 6.10 Å². The minimum Gasteiger partial charge on any atom is -0.396 e. The van der Waals surface area contributed by atoms with E-state index in [0.29, 0.717) is 41.5 Å². The number of piperidine rings is 1. The molecule has 11 heteroatoms. The number of hydrogen-bond donors (Lipinski definition) is 4. The van der Waals surface area contributed by atoms with Crippen LogP contribution in [0.1, 0.15) is 60.0 Å². The number of aromatic nitrogens is 2. The van der Waals surface area contributed by atoms with E-state index in [1.807, 2.05) is 50.4 Å². The summed E-state index contributed by atoms with van der Waals surface area (Å²) in [6.07, 6.45) is -2.10. The number of alkyl halides is 3. The Morgan fingerprint density at radius 3 is 2.51 bits per heavy atom. The lowest BCUT2D eigenvalue weighted by atomic mass is 9.89. The van der Waals surface area contributed by atoms with Gasteiger partial charge in [0, 0.05) is 41.6 Å². The topological polar surface area (TPSA) is 107 Å². The van der Waals surface area contributed by atoms with Crippen molar-refractivity contribution in [2.24, 2.45) is 5.73 Å². The number of benzene rings is 1. The zero-order chi connectivity index (χ0) is 28.6. The molecule has 3 heterocycles. The first-order chi connectivity index (χ1) is 18.6. The molecule has 0 aliphatic carbocycles. The van der Waals surface area contributed by atoms with E-state index in [1.165, 1.54) is 11.3 Å². The molecule has 1 aliphatic heterocycles. The van der Waals surface area contributed by atoms with Gasteiger partial charge in [-0.15, -0.1) is 11.3 Å². The Balaban J connectivity index is 0.00000205. The van der Waals surface area contributed by atoms with Gasteiger partial charge in [0.1, 0.15) is 5.01 Å². The maximum Gasteiger partial charge on any atom is 0.415 e. The highest BCUT2D eigenvalue weighted by molar-refractivity contribution is 7.10. The van der Waals surface area contributed by atoms with Gasteiger partial charge in [0.25, 0.3) is 5.56 Å². The average molecular weight is 564 g/mol. The van der Waals surface area contributed by atoms with Crippen molar-refractivity contribution < 1.29 is 18.3 Å². The van der Waals surface area contributed by atoms with Crippen LogP contribution in [0.15, 0.2) is 46.7 Å². The van der Waals surface area contributed by atoms with Crippen LogP contribution in [0.3, 0.4) is 0 Å². The number of nitrogens with one attached hydrogen (secondary N) is 2. The average Bonchev–Trinajstić information content (AvgIpc) is 3.36. The van der Waals surface area contributed by atoms with Crippen LogP contribution < -0.4 is 16.6 Å². The summed E-state index contributed by atoms with van der Waals surface area (Å²) in [5.41, 5.74) is 10.6. The number of rotatable bonds is 8. The molecule has 0 radical (unpaired) electrons. The first-order valence-corrected chi connectivity index (χ1v) is 13.9. The van der Waals surface area contributed by atoms with Crippen LogP contribution in [0, 0.1) is 6.92 Å². The first kappa shape index (κ1) is 30.4. The third-order valence-electron chi connectivity index (χ3n) is 6.52. The van der Waals surface area contributed by atoms with Crippen LogP contribution in [0.4, 0.5) is 18.9 Å². The Morgan fingerprint density at radius 2 is 1.92 bits per heavy atom. The highest BCUT2D eigenvalue weighted by Gasteiger charge is 2.39. The van der Waals surface area contributed by atoms with Crippen molar-refractivity contribution in [1.82, 2.24) is 14.9 Å². The maximum atomic E-state index is 12.6. The maximum absolute atomic E-state index is 12.6. The summed E-state index contributed by atoms with van der Waals surface area (Å²) < 4.78 is 37.8. The Morgan fingerprint density at radius 1 is 1.26 bits per heavy atom. The van der Waals surface area contributed by atoms with Crippen molar-refractivity contribution in [2.75, 3.05) is 25.0 Å². The normalized spacial score (nSPS) is 15.9. The number of aliphatic hydroxyl groups is 1. The Hall–Kier alpha value is -3.15. The van der Waals surface area contributed by atoms with Crippen LogP contribution in [0.5, 0.6) is 0 Å². The molecular weight excluding hydrogens is 527 g/mol.